The molecule has 0 unspecified atom stereocenters. The lowest BCUT2D eigenvalue weighted by molar-refractivity contribution is -0.0400. The van der Waals surface area contributed by atoms with Crippen LogP contribution in [0.4, 0.5) is 0 Å². The summed E-state index contributed by atoms with van der Waals surface area (Å²) in [5.41, 5.74) is 1.54. The summed E-state index contributed by atoms with van der Waals surface area (Å²) >= 11 is 0. The van der Waals surface area contributed by atoms with Gasteiger partial charge in [-0.05, 0) is 68.9 Å². The van der Waals surface area contributed by atoms with Crippen molar-refractivity contribution in [1.29, 1.82) is 0 Å². The van der Waals surface area contributed by atoms with Gasteiger partial charge in [0.1, 0.15) is 5.60 Å². The van der Waals surface area contributed by atoms with Crippen molar-refractivity contribution in [2.24, 2.45) is 34.7 Å². The number of hydrogen-bond acceptors (Lipinski definition) is 3. The Balaban J connectivity index is 1.36. The lowest BCUT2D eigenvalue weighted by Crippen LogP contribution is -2.49. The predicted octanol–water partition coefficient (Wildman–Crippen LogP) is 2.96. The van der Waals surface area contributed by atoms with E-state index >= 15 is 0 Å². The van der Waals surface area contributed by atoms with E-state index in [9.17, 15) is 0 Å². The van der Waals surface area contributed by atoms with Gasteiger partial charge in [0.2, 0.25) is 0 Å². The zero-order valence-electron chi connectivity index (χ0n) is 12.3. The summed E-state index contributed by atoms with van der Waals surface area (Å²) < 4.78 is 0. The van der Waals surface area contributed by atoms with E-state index < -0.39 is 0 Å². The van der Waals surface area contributed by atoms with Crippen LogP contribution in [-0.2, 0) is 4.84 Å². The zero-order valence-corrected chi connectivity index (χ0v) is 12.3. The second-order valence-electron chi connectivity index (χ2n) is 8.24. The van der Waals surface area contributed by atoms with Crippen LogP contribution in [0.1, 0.15) is 51.4 Å². The summed E-state index contributed by atoms with van der Waals surface area (Å²) in [4.78, 5) is 6.00. The van der Waals surface area contributed by atoms with Crippen molar-refractivity contribution in [2.75, 3.05) is 13.1 Å². The molecule has 3 heteroatoms. The quantitative estimate of drug-likeness (QED) is 0.797. The van der Waals surface area contributed by atoms with Gasteiger partial charge in [0.25, 0.3) is 0 Å². The van der Waals surface area contributed by atoms with Gasteiger partial charge in [-0.25, -0.2) is 0 Å². The molecule has 0 amide bonds. The van der Waals surface area contributed by atoms with Crippen molar-refractivity contribution in [3.05, 3.63) is 0 Å². The predicted molar refractivity (Wildman–Crippen MR) is 78.5 cm³/mol. The SMILES string of the molecule is C1CC2(CCN1)CC(C1C3CC4CC(C3)CC1C4)=NO2. The monoisotopic (exact) mass is 274 g/mol. The molecule has 0 atom stereocenters. The molecule has 1 saturated heterocycles. The maximum absolute atomic E-state index is 6.00. The number of piperidine rings is 1. The van der Waals surface area contributed by atoms with Crippen molar-refractivity contribution < 1.29 is 4.84 Å². The molecule has 0 aromatic heterocycles. The van der Waals surface area contributed by atoms with Crippen molar-refractivity contribution in [3.63, 3.8) is 0 Å². The van der Waals surface area contributed by atoms with Crippen LogP contribution in [-0.4, -0.2) is 24.4 Å². The highest BCUT2D eigenvalue weighted by atomic mass is 16.7. The Kier molecular flexibility index (Phi) is 2.54. The molecule has 0 radical (unpaired) electrons. The van der Waals surface area contributed by atoms with Crippen LogP contribution in [0.15, 0.2) is 5.16 Å². The van der Waals surface area contributed by atoms with Crippen molar-refractivity contribution in [1.82, 2.24) is 5.32 Å². The third-order valence-electron chi connectivity index (χ3n) is 6.99. The van der Waals surface area contributed by atoms with Gasteiger partial charge in [0, 0.05) is 25.2 Å². The molecule has 1 N–H and O–H groups in total. The first-order chi connectivity index (χ1) is 9.81. The highest BCUT2D eigenvalue weighted by Gasteiger charge is 2.52. The topological polar surface area (TPSA) is 33.6 Å². The molecule has 2 heterocycles. The Bertz CT molecular complexity index is 410. The fourth-order valence-corrected chi connectivity index (χ4v) is 6.35. The van der Waals surface area contributed by atoms with E-state index in [0.717, 1.165) is 61.9 Å². The molecule has 5 fully saturated rings. The second-order valence-corrected chi connectivity index (χ2v) is 8.24. The first-order valence-electron chi connectivity index (χ1n) is 8.77. The minimum Gasteiger partial charge on any atom is -0.389 e. The van der Waals surface area contributed by atoms with E-state index in [2.05, 4.69) is 10.5 Å². The van der Waals surface area contributed by atoms with Crippen LogP contribution in [0.5, 0.6) is 0 Å². The molecule has 4 bridgehead atoms. The summed E-state index contributed by atoms with van der Waals surface area (Å²) in [7, 11) is 0. The Morgan fingerprint density at radius 2 is 1.60 bits per heavy atom. The molecule has 0 aromatic rings. The van der Waals surface area contributed by atoms with E-state index in [0.29, 0.717) is 0 Å². The van der Waals surface area contributed by atoms with E-state index in [1.165, 1.54) is 37.8 Å². The number of nitrogens with zero attached hydrogens (tertiary/aromatic N) is 1. The maximum Gasteiger partial charge on any atom is 0.145 e. The molecule has 110 valence electrons. The van der Waals surface area contributed by atoms with E-state index in [-0.39, 0.29) is 5.60 Å². The largest absolute Gasteiger partial charge is 0.389 e. The Morgan fingerprint density at radius 1 is 0.950 bits per heavy atom. The number of rotatable bonds is 1. The molecule has 20 heavy (non-hydrogen) atoms. The Hall–Kier alpha value is -0.570. The molecule has 4 aliphatic carbocycles. The molecule has 6 aliphatic rings. The number of oxime groups is 1. The highest BCUT2D eigenvalue weighted by Crippen LogP contribution is 2.58. The molecule has 1 spiro atoms. The molecule has 3 nitrogen and oxygen atoms in total. The lowest BCUT2D eigenvalue weighted by Gasteiger charge is -2.54. The minimum atomic E-state index is 0.0786. The minimum absolute atomic E-state index is 0.0786. The first-order valence-corrected chi connectivity index (χ1v) is 8.77. The van der Waals surface area contributed by atoms with Crippen LogP contribution < -0.4 is 5.32 Å². The van der Waals surface area contributed by atoms with Gasteiger partial charge in [0.05, 0.1) is 5.71 Å². The zero-order chi connectivity index (χ0) is 13.2. The second kappa shape index (κ2) is 4.22. The summed E-state index contributed by atoms with van der Waals surface area (Å²) in [5.74, 6) is 4.81. The van der Waals surface area contributed by atoms with E-state index in [1.807, 2.05) is 0 Å². The molecule has 2 aliphatic heterocycles. The Labute approximate surface area is 121 Å². The van der Waals surface area contributed by atoms with Crippen LogP contribution in [0, 0.1) is 29.6 Å². The highest BCUT2D eigenvalue weighted by molar-refractivity contribution is 5.89. The Morgan fingerprint density at radius 3 is 2.25 bits per heavy atom. The molecule has 6 rings (SSSR count). The fourth-order valence-electron chi connectivity index (χ4n) is 6.35. The van der Waals surface area contributed by atoms with Gasteiger partial charge < -0.3 is 10.2 Å². The van der Waals surface area contributed by atoms with Gasteiger partial charge in [-0.3, -0.25) is 0 Å². The van der Waals surface area contributed by atoms with Gasteiger partial charge in [-0.2, -0.15) is 0 Å². The van der Waals surface area contributed by atoms with Crippen molar-refractivity contribution >= 4 is 5.71 Å². The van der Waals surface area contributed by atoms with E-state index in [4.69, 9.17) is 4.84 Å². The standard InChI is InChI=1S/C17H26N2O/c1-3-18-4-2-17(1)10-15(19-20-17)16-13-6-11-5-12(8-13)9-14(16)7-11/h11-14,16,18H,1-10H2. The van der Waals surface area contributed by atoms with Crippen molar-refractivity contribution in [3.8, 4) is 0 Å². The summed E-state index contributed by atoms with van der Waals surface area (Å²) in [6, 6.07) is 0. The summed E-state index contributed by atoms with van der Waals surface area (Å²) in [6.45, 7) is 2.20. The third kappa shape index (κ3) is 1.71. The van der Waals surface area contributed by atoms with E-state index in [1.54, 1.807) is 0 Å². The van der Waals surface area contributed by atoms with Crippen LogP contribution in [0.25, 0.3) is 0 Å². The first kappa shape index (κ1) is 12.0. The molecular weight excluding hydrogens is 248 g/mol. The third-order valence-corrected chi connectivity index (χ3v) is 6.99. The smallest absolute Gasteiger partial charge is 0.145 e. The van der Waals surface area contributed by atoms with Crippen LogP contribution >= 0.6 is 0 Å². The van der Waals surface area contributed by atoms with Crippen LogP contribution in [0.2, 0.25) is 0 Å². The molecule has 0 aromatic carbocycles. The van der Waals surface area contributed by atoms with Gasteiger partial charge in [-0.1, -0.05) is 5.16 Å². The van der Waals surface area contributed by atoms with Crippen molar-refractivity contribution in [2.45, 2.75) is 57.0 Å². The van der Waals surface area contributed by atoms with Crippen LogP contribution in [0.3, 0.4) is 0 Å². The maximum atomic E-state index is 6.00. The number of nitrogens with one attached hydrogen (secondary N) is 1. The van der Waals surface area contributed by atoms with Gasteiger partial charge >= 0.3 is 0 Å². The average molecular weight is 274 g/mol. The lowest BCUT2D eigenvalue weighted by atomic mass is 9.50. The molecule has 4 saturated carbocycles. The molecular formula is C17H26N2O. The fraction of sp³-hybridized carbons (Fsp3) is 0.941. The van der Waals surface area contributed by atoms with Gasteiger partial charge in [0.15, 0.2) is 0 Å². The summed E-state index contributed by atoms with van der Waals surface area (Å²) in [5, 5.41) is 8.10. The van der Waals surface area contributed by atoms with Gasteiger partial charge in [-0.15, -0.1) is 0 Å². The number of hydrogen-bond donors (Lipinski definition) is 1. The normalized spacial score (nSPS) is 48.4. The summed E-state index contributed by atoms with van der Waals surface area (Å²) in [6.07, 6.45) is 10.9. The average Bonchev–Trinajstić information content (AvgIpc) is 2.82.